The summed E-state index contributed by atoms with van der Waals surface area (Å²) in [4.78, 5) is 5.87. The van der Waals surface area contributed by atoms with Gasteiger partial charge in [0.1, 0.15) is 0 Å². The lowest BCUT2D eigenvalue weighted by Gasteiger charge is -2.19. The van der Waals surface area contributed by atoms with Crippen molar-refractivity contribution in [3.05, 3.63) is 35.5 Å². The molecular formula is C15H21N3. The third-order valence-electron chi connectivity index (χ3n) is 4.19. The lowest BCUT2D eigenvalue weighted by atomic mass is 10.0. The molecule has 1 aromatic heterocycles. The van der Waals surface area contributed by atoms with E-state index < -0.39 is 0 Å². The minimum atomic E-state index is 0.338. The Morgan fingerprint density at radius 1 is 1.39 bits per heavy atom. The van der Waals surface area contributed by atoms with Gasteiger partial charge in [-0.1, -0.05) is 18.2 Å². The topological polar surface area (TPSA) is 45.1 Å². The quantitative estimate of drug-likeness (QED) is 0.848. The van der Waals surface area contributed by atoms with Crippen LogP contribution in [0, 0.1) is 6.92 Å². The molecule has 0 spiro atoms. The number of fused-ring (bicyclic) bond motifs is 1. The summed E-state index contributed by atoms with van der Waals surface area (Å²) < 4.78 is 0. The van der Waals surface area contributed by atoms with E-state index in [-0.39, 0.29) is 0 Å². The first-order valence-corrected chi connectivity index (χ1v) is 6.67. The van der Waals surface area contributed by atoms with Crippen molar-refractivity contribution < 1.29 is 0 Å². The van der Waals surface area contributed by atoms with Crippen molar-refractivity contribution in [3.8, 4) is 0 Å². The Labute approximate surface area is 108 Å². The lowest BCUT2D eigenvalue weighted by molar-refractivity contribution is 0.308. The molecule has 0 amide bonds. The van der Waals surface area contributed by atoms with Crippen molar-refractivity contribution in [1.29, 1.82) is 0 Å². The number of hydrogen-bond donors (Lipinski definition) is 2. The lowest BCUT2D eigenvalue weighted by Crippen LogP contribution is -2.27. The molecule has 3 N–H and O–H groups in total. The molecule has 3 rings (SSSR count). The van der Waals surface area contributed by atoms with E-state index in [1.807, 2.05) is 0 Å². The van der Waals surface area contributed by atoms with Gasteiger partial charge in [0.25, 0.3) is 0 Å². The van der Waals surface area contributed by atoms with Crippen molar-refractivity contribution in [2.45, 2.75) is 31.8 Å². The number of likely N-dealkylation sites (tertiary alicyclic amines) is 1. The minimum absolute atomic E-state index is 0.338. The SMILES string of the molecule is Cc1[nH]c2ccccc2c1C[C@H]1C[C@H](N)CN1C. The second-order valence-electron chi connectivity index (χ2n) is 5.57. The standard InChI is InChI=1S/C15H21N3/c1-10-14(8-12-7-11(16)9-18(12)2)13-5-3-4-6-15(13)17-10/h3-6,11-12,17H,7-9,16H2,1-2H3/t11-,12+/m0/s1. The van der Waals surface area contributed by atoms with E-state index in [1.54, 1.807) is 0 Å². The van der Waals surface area contributed by atoms with E-state index in [0.29, 0.717) is 12.1 Å². The maximum absolute atomic E-state index is 6.05. The van der Waals surface area contributed by atoms with Crippen molar-refractivity contribution in [1.82, 2.24) is 9.88 Å². The Morgan fingerprint density at radius 3 is 2.89 bits per heavy atom. The molecule has 3 nitrogen and oxygen atoms in total. The molecule has 0 saturated carbocycles. The van der Waals surface area contributed by atoms with Gasteiger partial charge in [-0.2, -0.15) is 0 Å². The maximum Gasteiger partial charge on any atom is 0.0458 e. The molecule has 2 heterocycles. The van der Waals surface area contributed by atoms with Crippen LogP contribution in [0.15, 0.2) is 24.3 Å². The zero-order valence-corrected chi connectivity index (χ0v) is 11.1. The summed E-state index contributed by atoms with van der Waals surface area (Å²) in [6, 6.07) is 9.48. The molecule has 0 radical (unpaired) electrons. The van der Waals surface area contributed by atoms with Gasteiger partial charge in [0.05, 0.1) is 0 Å². The molecule has 2 aromatic rings. The average molecular weight is 243 g/mol. The number of aromatic nitrogens is 1. The predicted molar refractivity (Wildman–Crippen MR) is 75.8 cm³/mol. The van der Waals surface area contributed by atoms with Crippen molar-refractivity contribution >= 4 is 10.9 Å². The monoisotopic (exact) mass is 243 g/mol. The van der Waals surface area contributed by atoms with Gasteiger partial charge in [-0.05, 0) is 38.4 Å². The number of para-hydroxylation sites is 1. The van der Waals surface area contributed by atoms with Crippen LogP contribution in [0.4, 0.5) is 0 Å². The highest BCUT2D eigenvalue weighted by atomic mass is 15.2. The molecule has 96 valence electrons. The van der Waals surface area contributed by atoms with Crippen LogP contribution in [-0.2, 0) is 6.42 Å². The number of hydrogen-bond acceptors (Lipinski definition) is 2. The van der Waals surface area contributed by atoms with Crippen LogP contribution in [0.2, 0.25) is 0 Å². The normalized spacial score (nSPS) is 25.1. The summed E-state index contributed by atoms with van der Waals surface area (Å²) in [6.45, 7) is 3.19. The summed E-state index contributed by atoms with van der Waals surface area (Å²) in [6.07, 6.45) is 2.20. The number of likely N-dealkylation sites (N-methyl/N-ethyl adjacent to an activating group) is 1. The predicted octanol–water partition coefficient (Wildman–Crippen LogP) is 2.05. The molecule has 1 aliphatic rings. The third kappa shape index (κ3) is 1.93. The second kappa shape index (κ2) is 4.41. The van der Waals surface area contributed by atoms with Gasteiger partial charge in [-0.25, -0.2) is 0 Å². The van der Waals surface area contributed by atoms with E-state index in [9.17, 15) is 0 Å². The minimum Gasteiger partial charge on any atom is -0.358 e. The smallest absolute Gasteiger partial charge is 0.0458 e. The zero-order valence-electron chi connectivity index (χ0n) is 11.1. The summed E-state index contributed by atoms with van der Waals surface area (Å²) in [7, 11) is 2.18. The van der Waals surface area contributed by atoms with E-state index in [4.69, 9.17) is 5.73 Å². The molecule has 1 aliphatic heterocycles. The Morgan fingerprint density at radius 2 is 2.17 bits per heavy atom. The summed E-state index contributed by atoms with van der Waals surface area (Å²) >= 11 is 0. The zero-order chi connectivity index (χ0) is 12.7. The number of nitrogens with two attached hydrogens (primary N) is 1. The van der Waals surface area contributed by atoms with Gasteiger partial charge in [0.15, 0.2) is 0 Å². The molecule has 2 atom stereocenters. The number of benzene rings is 1. The molecule has 18 heavy (non-hydrogen) atoms. The van der Waals surface area contributed by atoms with E-state index in [1.165, 1.54) is 22.2 Å². The summed E-state index contributed by atoms with van der Waals surface area (Å²) in [5.41, 5.74) is 10.0. The number of H-pyrrole nitrogens is 1. The summed E-state index contributed by atoms with van der Waals surface area (Å²) in [5, 5.41) is 1.36. The van der Waals surface area contributed by atoms with Crippen molar-refractivity contribution in [2.75, 3.05) is 13.6 Å². The van der Waals surface area contributed by atoms with Crippen LogP contribution in [-0.4, -0.2) is 35.6 Å². The largest absolute Gasteiger partial charge is 0.358 e. The van der Waals surface area contributed by atoms with Gasteiger partial charge in [-0.3, -0.25) is 0 Å². The molecule has 0 aliphatic carbocycles. The van der Waals surface area contributed by atoms with E-state index in [0.717, 1.165) is 19.4 Å². The van der Waals surface area contributed by atoms with Gasteiger partial charge in [0.2, 0.25) is 0 Å². The molecule has 0 bridgehead atoms. The fourth-order valence-electron chi connectivity index (χ4n) is 3.20. The fourth-order valence-corrected chi connectivity index (χ4v) is 3.20. The highest BCUT2D eigenvalue weighted by Gasteiger charge is 2.28. The van der Waals surface area contributed by atoms with Gasteiger partial charge in [0, 0.05) is 35.2 Å². The Kier molecular flexibility index (Phi) is 2.88. The van der Waals surface area contributed by atoms with Gasteiger partial charge in [-0.15, -0.1) is 0 Å². The Hall–Kier alpha value is -1.32. The van der Waals surface area contributed by atoms with Gasteiger partial charge < -0.3 is 15.6 Å². The van der Waals surface area contributed by atoms with Crippen molar-refractivity contribution in [2.24, 2.45) is 5.73 Å². The van der Waals surface area contributed by atoms with Crippen LogP contribution in [0.3, 0.4) is 0 Å². The molecule has 1 fully saturated rings. The fraction of sp³-hybridized carbons (Fsp3) is 0.467. The third-order valence-corrected chi connectivity index (χ3v) is 4.19. The van der Waals surface area contributed by atoms with Crippen LogP contribution in [0.5, 0.6) is 0 Å². The number of aromatic amines is 1. The first-order valence-electron chi connectivity index (χ1n) is 6.67. The van der Waals surface area contributed by atoms with Crippen LogP contribution in [0.25, 0.3) is 10.9 Å². The molecule has 1 aromatic carbocycles. The number of nitrogens with zero attached hydrogens (tertiary/aromatic N) is 1. The highest BCUT2D eigenvalue weighted by Crippen LogP contribution is 2.26. The van der Waals surface area contributed by atoms with Crippen LogP contribution < -0.4 is 5.73 Å². The number of nitrogens with one attached hydrogen (secondary N) is 1. The van der Waals surface area contributed by atoms with Crippen LogP contribution >= 0.6 is 0 Å². The number of aryl methyl sites for hydroxylation is 1. The summed E-state index contributed by atoms with van der Waals surface area (Å²) in [5.74, 6) is 0. The average Bonchev–Trinajstić information content (AvgIpc) is 2.81. The first-order chi connectivity index (χ1) is 8.65. The number of rotatable bonds is 2. The first kappa shape index (κ1) is 11.8. The highest BCUT2D eigenvalue weighted by molar-refractivity contribution is 5.84. The van der Waals surface area contributed by atoms with E-state index in [2.05, 4.69) is 48.1 Å². The Bertz CT molecular complexity index is 558. The van der Waals surface area contributed by atoms with Crippen LogP contribution in [0.1, 0.15) is 17.7 Å². The molecule has 1 saturated heterocycles. The maximum atomic E-state index is 6.05. The molecule has 3 heteroatoms. The molecule has 0 unspecified atom stereocenters. The Balaban J connectivity index is 1.93. The van der Waals surface area contributed by atoms with Crippen molar-refractivity contribution in [3.63, 3.8) is 0 Å². The van der Waals surface area contributed by atoms with E-state index >= 15 is 0 Å². The molecular weight excluding hydrogens is 222 g/mol. The van der Waals surface area contributed by atoms with Gasteiger partial charge >= 0.3 is 0 Å². The second-order valence-corrected chi connectivity index (χ2v) is 5.57.